The van der Waals surface area contributed by atoms with Crippen LogP contribution in [0.15, 0.2) is 12.1 Å². The third-order valence-corrected chi connectivity index (χ3v) is 3.29. The van der Waals surface area contributed by atoms with Gasteiger partial charge in [-0.25, -0.2) is 0 Å². The number of aliphatic carboxylic acids is 1. The number of halogens is 1. The SMILES string of the molecule is COc1cc(Cl)cc(CC(C)C(=O)O)c1OC1CC1. The van der Waals surface area contributed by atoms with Crippen LogP contribution in [-0.2, 0) is 11.2 Å². The predicted molar refractivity (Wildman–Crippen MR) is 72.2 cm³/mol. The maximum Gasteiger partial charge on any atom is 0.306 e. The summed E-state index contributed by atoms with van der Waals surface area (Å²) in [6, 6.07) is 3.44. The van der Waals surface area contributed by atoms with Gasteiger partial charge in [0.15, 0.2) is 11.5 Å². The highest BCUT2D eigenvalue weighted by atomic mass is 35.5. The van der Waals surface area contributed by atoms with Crippen LogP contribution >= 0.6 is 11.6 Å². The van der Waals surface area contributed by atoms with Gasteiger partial charge in [-0.1, -0.05) is 18.5 Å². The van der Waals surface area contributed by atoms with E-state index in [2.05, 4.69) is 0 Å². The van der Waals surface area contributed by atoms with Gasteiger partial charge >= 0.3 is 5.97 Å². The molecule has 1 aromatic rings. The second kappa shape index (κ2) is 5.70. The fraction of sp³-hybridized carbons (Fsp3) is 0.500. The Morgan fingerprint density at radius 2 is 2.21 bits per heavy atom. The molecule has 0 saturated heterocycles. The van der Waals surface area contributed by atoms with Crippen molar-refractivity contribution in [1.29, 1.82) is 0 Å². The summed E-state index contributed by atoms with van der Waals surface area (Å²) in [4.78, 5) is 11.0. The van der Waals surface area contributed by atoms with Gasteiger partial charge in [-0.15, -0.1) is 0 Å². The van der Waals surface area contributed by atoms with Gasteiger partial charge in [0.2, 0.25) is 0 Å². The Morgan fingerprint density at radius 3 is 2.74 bits per heavy atom. The maximum absolute atomic E-state index is 11.0. The molecule has 5 heteroatoms. The molecular formula is C14H17ClO4. The lowest BCUT2D eigenvalue weighted by molar-refractivity contribution is -0.141. The van der Waals surface area contributed by atoms with Gasteiger partial charge in [0.1, 0.15) is 0 Å². The zero-order valence-corrected chi connectivity index (χ0v) is 11.7. The first-order valence-corrected chi connectivity index (χ1v) is 6.65. The molecule has 19 heavy (non-hydrogen) atoms. The lowest BCUT2D eigenvalue weighted by atomic mass is 10.00. The quantitative estimate of drug-likeness (QED) is 0.872. The van der Waals surface area contributed by atoms with Crippen molar-refractivity contribution in [2.45, 2.75) is 32.3 Å². The third-order valence-electron chi connectivity index (χ3n) is 3.07. The molecule has 104 valence electrons. The number of rotatable bonds is 6. The molecule has 0 bridgehead atoms. The highest BCUT2D eigenvalue weighted by Gasteiger charge is 2.27. The summed E-state index contributed by atoms with van der Waals surface area (Å²) in [7, 11) is 1.55. The average molecular weight is 285 g/mol. The van der Waals surface area contributed by atoms with Crippen LogP contribution in [-0.4, -0.2) is 24.3 Å². The minimum absolute atomic E-state index is 0.217. The van der Waals surface area contributed by atoms with Crippen molar-refractivity contribution < 1.29 is 19.4 Å². The molecule has 1 N–H and O–H groups in total. The number of carbonyl (C=O) groups is 1. The monoisotopic (exact) mass is 284 g/mol. The molecule has 2 rings (SSSR count). The van der Waals surface area contributed by atoms with E-state index in [4.69, 9.17) is 26.2 Å². The Balaban J connectivity index is 2.31. The van der Waals surface area contributed by atoms with E-state index in [-0.39, 0.29) is 6.10 Å². The van der Waals surface area contributed by atoms with Gasteiger partial charge in [-0.3, -0.25) is 4.79 Å². The molecule has 0 spiro atoms. The number of methoxy groups -OCH3 is 1. The first-order chi connectivity index (χ1) is 9.01. The average Bonchev–Trinajstić information content (AvgIpc) is 3.15. The van der Waals surface area contributed by atoms with Gasteiger partial charge < -0.3 is 14.6 Å². The number of hydrogen-bond donors (Lipinski definition) is 1. The topological polar surface area (TPSA) is 55.8 Å². The fourth-order valence-electron chi connectivity index (χ4n) is 1.83. The van der Waals surface area contributed by atoms with Crippen LogP contribution in [0.3, 0.4) is 0 Å². The number of ether oxygens (including phenoxy) is 2. The molecule has 1 aliphatic carbocycles. The lowest BCUT2D eigenvalue weighted by Crippen LogP contribution is -2.13. The Labute approximate surface area is 117 Å². The van der Waals surface area contributed by atoms with Crippen molar-refractivity contribution >= 4 is 17.6 Å². The van der Waals surface area contributed by atoms with Gasteiger partial charge in [0.25, 0.3) is 0 Å². The summed E-state index contributed by atoms with van der Waals surface area (Å²) >= 11 is 6.03. The zero-order valence-electron chi connectivity index (χ0n) is 11.0. The summed E-state index contributed by atoms with van der Waals surface area (Å²) in [6.45, 7) is 1.66. The number of carboxylic acids is 1. The molecule has 1 fully saturated rings. The van der Waals surface area contributed by atoms with Crippen molar-refractivity contribution in [2.75, 3.05) is 7.11 Å². The highest BCUT2D eigenvalue weighted by molar-refractivity contribution is 6.30. The first-order valence-electron chi connectivity index (χ1n) is 6.27. The molecule has 4 nitrogen and oxygen atoms in total. The van der Waals surface area contributed by atoms with Crippen molar-refractivity contribution in [3.05, 3.63) is 22.7 Å². The summed E-state index contributed by atoms with van der Waals surface area (Å²) in [6.07, 6.45) is 2.64. The van der Waals surface area contributed by atoms with Crippen LogP contribution in [0.2, 0.25) is 5.02 Å². The fourth-order valence-corrected chi connectivity index (χ4v) is 2.06. The molecule has 0 aromatic heterocycles. The first kappa shape index (κ1) is 14.0. The molecule has 1 unspecified atom stereocenters. The van der Waals surface area contributed by atoms with Gasteiger partial charge in [0, 0.05) is 16.7 Å². The van der Waals surface area contributed by atoms with E-state index in [0.29, 0.717) is 22.9 Å². The van der Waals surface area contributed by atoms with Crippen molar-refractivity contribution in [2.24, 2.45) is 5.92 Å². The Hall–Kier alpha value is -1.42. The van der Waals surface area contributed by atoms with Crippen molar-refractivity contribution in [3.63, 3.8) is 0 Å². The Bertz CT molecular complexity index is 483. The van der Waals surface area contributed by atoms with Crippen molar-refractivity contribution in [3.8, 4) is 11.5 Å². The normalized spacial score (nSPS) is 15.9. The van der Waals surface area contributed by atoms with E-state index < -0.39 is 11.9 Å². The van der Waals surface area contributed by atoms with Gasteiger partial charge in [-0.05, 0) is 25.3 Å². The van der Waals surface area contributed by atoms with Crippen LogP contribution in [0.4, 0.5) is 0 Å². The van der Waals surface area contributed by atoms with E-state index in [1.54, 1.807) is 26.2 Å². The van der Waals surface area contributed by atoms with Crippen LogP contribution in [0.25, 0.3) is 0 Å². The number of hydrogen-bond acceptors (Lipinski definition) is 3. The summed E-state index contributed by atoms with van der Waals surface area (Å²) in [5.74, 6) is -0.143. The van der Waals surface area contributed by atoms with E-state index in [9.17, 15) is 4.79 Å². The van der Waals surface area contributed by atoms with Crippen LogP contribution in [0.1, 0.15) is 25.3 Å². The Kier molecular flexibility index (Phi) is 4.20. The minimum atomic E-state index is -0.837. The highest BCUT2D eigenvalue weighted by Crippen LogP contribution is 2.39. The number of benzene rings is 1. The van der Waals surface area contributed by atoms with E-state index >= 15 is 0 Å². The molecule has 1 aliphatic rings. The molecule has 0 heterocycles. The lowest BCUT2D eigenvalue weighted by Gasteiger charge is -2.16. The predicted octanol–water partition coefficient (Wildman–Crippen LogP) is 3.15. The summed E-state index contributed by atoms with van der Waals surface area (Å²) in [5.41, 5.74) is 0.783. The van der Waals surface area contributed by atoms with Crippen molar-refractivity contribution in [1.82, 2.24) is 0 Å². The second-order valence-electron chi connectivity index (χ2n) is 4.86. The second-order valence-corrected chi connectivity index (χ2v) is 5.29. The summed E-state index contributed by atoms with van der Waals surface area (Å²) < 4.78 is 11.1. The molecule has 0 aliphatic heterocycles. The largest absolute Gasteiger partial charge is 0.493 e. The molecular weight excluding hydrogens is 268 g/mol. The van der Waals surface area contributed by atoms with Crippen LogP contribution < -0.4 is 9.47 Å². The summed E-state index contributed by atoms with van der Waals surface area (Å²) in [5, 5.41) is 9.54. The minimum Gasteiger partial charge on any atom is -0.493 e. The molecule has 1 atom stereocenters. The molecule has 1 aromatic carbocycles. The van der Waals surface area contributed by atoms with E-state index in [1.807, 2.05) is 0 Å². The Morgan fingerprint density at radius 1 is 1.53 bits per heavy atom. The molecule has 0 radical (unpaired) electrons. The standard InChI is InChI=1S/C14H17ClO4/c1-8(14(16)17)5-9-6-10(15)7-12(18-2)13(9)19-11-3-4-11/h6-8,11H,3-5H2,1-2H3,(H,16,17). The maximum atomic E-state index is 11.0. The number of carboxylic acid groups (broad SMARTS) is 1. The third kappa shape index (κ3) is 3.53. The van der Waals surface area contributed by atoms with Gasteiger partial charge in [0.05, 0.1) is 19.1 Å². The van der Waals surface area contributed by atoms with Gasteiger partial charge in [-0.2, -0.15) is 0 Å². The molecule has 1 saturated carbocycles. The van der Waals surface area contributed by atoms with Crippen LogP contribution in [0, 0.1) is 5.92 Å². The van der Waals surface area contributed by atoms with E-state index in [0.717, 1.165) is 18.4 Å². The smallest absolute Gasteiger partial charge is 0.306 e. The zero-order chi connectivity index (χ0) is 14.0. The van der Waals surface area contributed by atoms with Crippen LogP contribution in [0.5, 0.6) is 11.5 Å². The molecule has 0 amide bonds. The van der Waals surface area contributed by atoms with E-state index in [1.165, 1.54) is 0 Å².